The molecule has 1 aromatic heterocycles. The first-order valence-electron chi connectivity index (χ1n) is 13.1. The van der Waals surface area contributed by atoms with Crippen LogP contribution in [-0.4, -0.2) is 74.4 Å². The number of ether oxygens (including phenoxy) is 2. The zero-order valence-corrected chi connectivity index (χ0v) is 21.5. The molecule has 0 atom stereocenters. The monoisotopic (exact) mass is 500 g/mol. The van der Waals surface area contributed by atoms with Gasteiger partial charge in [-0.25, -0.2) is 9.97 Å². The summed E-state index contributed by atoms with van der Waals surface area (Å²) in [6, 6.07) is 16.4. The van der Waals surface area contributed by atoms with E-state index in [1.165, 1.54) is 0 Å². The Labute approximate surface area is 219 Å². The van der Waals surface area contributed by atoms with Gasteiger partial charge in [0.15, 0.2) is 0 Å². The van der Waals surface area contributed by atoms with Gasteiger partial charge in [-0.1, -0.05) is 24.3 Å². The van der Waals surface area contributed by atoms with E-state index in [4.69, 9.17) is 14.5 Å². The van der Waals surface area contributed by atoms with E-state index in [1.54, 1.807) is 6.20 Å². The van der Waals surface area contributed by atoms with E-state index in [9.17, 15) is 0 Å². The van der Waals surface area contributed by atoms with Crippen LogP contribution >= 0.6 is 0 Å². The third-order valence-corrected chi connectivity index (χ3v) is 6.62. The van der Waals surface area contributed by atoms with Crippen molar-refractivity contribution in [3.05, 3.63) is 72.4 Å². The Hall–Kier alpha value is -3.46. The number of aromatic nitrogens is 2. The number of piperazine rings is 1. The number of fused-ring (bicyclic) bond motifs is 7. The molecule has 3 heterocycles. The van der Waals surface area contributed by atoms with Crippen LogP contribution < -0.4 is 20.3 Å². The van der Waals surface area contributed by atoms with Crippen LogP contribution in [-0.2, 0) is 11.3 Å². The molecule has 0 aliphatic carbocycles. The Morgan fingerprint density at radius 2 is 1.97 bits per heavy atom. The van der Waals surface area contributed by atoms with Crippen LogP contribution in [0.15, 0.2) is 66.9 Å². The van der Waals surface area contributed by atoms with Crippen LogP contribution in [0.1, 0.15) is 12.0 Å². The molecular weight excluding hydrogens is 464 g/mol. The van der Waals surface area contributed by atoms with Gasteiger partial charge in [-0.05, 0) is 48.4 Å². The maximum absolute atomic E-state index is 5.97. The summed E-state index contributed by atoms with van der Waals surface area (Å²) in [5.74, 6) is 1.39. The number of nitrogens with zero attached hydrogens (tertiary/aromatic N) is 4. The zero-order chi connectivity index (χ0) is 25.3. The number of rotatable bonds is 4. The summed E-state index contributed by atoms with van der Waals surface area (Å²) in [6.45, 7) is 8.03. The van der Waals surface area contributed by atoms with E-state index in [0.717, 1.165) is 79.6 Å². The van der Waals surface area contributed by atoms with Gasteiger partial charge in [0.2, 0.25) is 5.95 Å². The van der Waals surface area contributed by atoms with Crippen molar-refractivity contribution in [1.29, 1.82) is 0 Å². The normalized spacial score (nSPS) is 17.5. The average molecular weight is 501 g/mol. The number of nitrogens with one attached hydrogen (secondary N) is 2. The number of benzene rings is 2. The van der Waals surface area contributed by atoms with Crippen LogP contribution in [0.4, 0.5) is 17.3 Å². The molecule has 1 saturated heterocycles. The van der Waals surface area contributed by atoms with Crippen LogP contribution in [0.5, 0.6) is 5.75 Å². The van der Waals surface area contributed by atoms with Crippen LogP contribution in [0.3, 0.4) is 0 Å². The second-order valence-electron chi connectivity index (χ2n) is 9.44. The van der Waals surface area contributed by atoms with Gasteiger partial charge in [-0.15, -0.1) is 0 Å². The summed E-state index contributed by atoms with van der Waals surface area (Å²) in [7, 11) is 2.15. The fourth-order valence-electron chi connectivity index (χ4n) is 4.53. The third-order valence-electron chi connectivity index (χ3n) is 6.62. The minimum atomic E-state index is 0.528. The quantitative estimate of drug-likeness (QED) is 0.519. The Morgan fingerprint density at radius 3 is 2.89 bits per heavy atom. The highest BCUT2D eigenvalue weighted by atomic mass is 16.5. The first-order valence-corrected chi connectivity index (χ1v) is 13.1. The highest BCUT2D eigenvalue weighted by Crippen LogP contribution is 2.27. The molecule has 5 rings (SSSR count). The lowest BCUT2D eigenvalue weighted by Gasteiger charge is -2.30. The molecule has 8 nitrogen and oxygen atoms in total. The highest BCUT2D eigenvalue weighted by molar-refractivity contribution is 5.66. The smallest absolute Gasteiger partial charge is 0.227 e. The zero-order valence-electron chi connectivity index (χ0n) is 21.5. The van der Waals surface area contributed by atoms with Crippen molar-refractivity contribution in [3.8, 4) is 17.0 Å². The maximum atomic E-state index is 5.97. The molecule has 0 spiro atoms. The molecule has 3 aromatic rings. The van der Waals surface area contributed by atoms with Gasteiger partial charge in [-0.3, -0.25) is 4.90 Å². The van der Waals surface area contributed by atoms with Gasteiger partial charge in [0, 0.05) is 69.5 Å². The number of hydrogen-bond donors (Lipinski definition) is 2. The molecule has 2 N–H and O–H groups in total. The fraction of sp³-hybridized carbons (Fsp3) is 0.379. The lowest BCUT2D eigenvalue weighted by atomic mass is 10.1. The Balaban J connectivity index is 1.39. The lowest BCUT2D eigenvalue weighted by Crippen LogP contribution is -2.46. The molecule has 1 fully saturated rings. The van der Waals surface area contributed by atoms with Gasteiger partial charge >= 0.3 is 0 Å². The summed E-state index contributed by atoms with van der Waals surface area (Å²) < 4.78 is 11.9. The summed E-state index contributed by atoms with van der Waals surface area (Å²) in [5, 5.41) is 6.85. The van der Waals surface area contributed by atoms with E-state index in [-0.39, 0.29) is 0 Å². The van der Waals surface area contributed by atoms with Crippen molar-refractivity contribution in [2.75, 3.05) is 69.7 Å². The van der Waals surface area contributed by atoms with Crippen molar-refractivity contribution >= 4 is 17.3 Å². The summed E-state index contributed by atoms with van der Waals surface area (Å²) in [6.07, 6.45) is 6.78. The van der Waals surface area contributed by atoms with Crippen LogP contribution in [0.25, 0.3) is 11.3 Å². The molecule has 8 heteroatoms. The molecule has 37 heavy (non-hydrogen) atoms. The SMILES string of the molecule is CN(CCN1CCNCC1)c1cc2cc(c1)Nc1nccc(n1)-c1cccc(c1)OCC/C=C/COC2. The summed E-state index contributed by atoms with van der Waals surface area (Å²) >= 11 is 0. The standard InChI is InChI=1S/C29H36N6O2/c1-34(14-15-35-12-10-30-11-13-35)26-19-23-18-25(21-26)32-29-31-9-8-28(33-29)24-6-5-7-27(20-24)37-17-4-2-3-16-36-22-23/h2-3,5-9,18-21,30H,4,10-17,22H2,1H3,(H,31,32,33)/b3-2+. The van der Waals surface area contributed by atoms with Crippen molar-refractivity contribution in [2.45, 2.75) is 13.0 Å². The molecule has 2 aromatic carbocycles. The molecule has 194 valence electrons. The Kier molecular flexibility index (Phi) is 8.63. The number of anilines is 3. The summed E-state index contributed by atoms with van der Waals surface area (Å²) in [4.78, 5) is 14.1. The highest BCUT2D eigenvalue weighted by Gasteiger charge is 2.12. The molecule has 6 bridgehead atoms. The number of hydrogen-bond acceptors (Lipinski definition) is 8. The van der Waals surface area contributed by atoms with Crippen molar-refractivity contribution in [2.24, 2.45) is 0 Å². The molecule has 0 amide bonds. The molecular formula is C29H36N6O2. The van der Waals surface area contributed by atoms with Crippen molar-refractivity contribution < 1.29 is 9.47 Å². The van der Waals surface area contributed by atoms with Gasteiger partial charge in [0.1, 0.15) is 5.75 Å². The van der Waals surface area contributed by atoms with E-state index >= 15 is 0 Å². The first kappa shape index (κ1) is 25.2. The topological polar surface area (TPSA) is 74.8 Å². The van der Waals surface area contributed by atoms with E-state index in [1.807, 2.05) is 30.3 Å². The fourth-order valence-corrected chi connectivity index (χ4v) is 4.53. The predicted octanol–water partition coefficient (Wildman–Crippen LogP) is 4.08. The van der Waals surface area contributed by atoms with E-state index < -0.39 is 0 Å². The lowest BCUT2D eigenvalue weighted by molar-refractivity contribution is 0.148. The van der Waals surface area contributed by atoms with Gasteiger partial charge in [0.25, 0.3) is 0 Å². The van der Waals surface area contributed by atoms with Crippen LogP contribution in [0.2, 0.25) is 0 Å². The first-order chi connectivity index (χ1) is 18.2. The Bertz CT molecular complexity index is 1190. The van der Waals surface area contributed by atoms with Gasteiger partial charge in [0.05, 0.1) is 25.5 Å². The average Bonchev–Trinajstić information content (AvgIpc) is 2.93. The van der Waals surface area contributed by atoms with Crippen molar-refractivity contribution in [3.63, 3.8) is 0 Å². The largest absolute Gasteiger partial charge is 0.493 e. The number of likely N-dealkylation sites (N-methyl/N-ethyl adjacent to an activating group) is 1. The van der Waals surface area contributed by atoms with Gasteiger partial charge < -0.3 is 25.0 Å². The maximum Gasteiger partial charge on any atom is 0.227 e. The van der Waals surface area contributed by atoms with E-state index in [0.29, 0.717) is 25.8 Å². The second-order valence-corrected chi connectivity index (χ2v) is 9.44. The second kappa shape index (κ2) is 12.7. The minimum Gasteiger partial charge on any atom is -0.493 e. The van der Waals surface area contributed by atoms with E-state index in [2.05, 4.69) is 62.8 Å². The van der Waals surface area contributed by atoms with Crippen LogP contribution in [0, 0.1) is 0 Å². The molecule has 2 aliphatic heterocycles. The van der Waals surface area contributed by atoms with Crippen molar-refractivity contribution in [1.82, 2.24) is 20.2 Å². The molecule has 0 radical (unpaired) electrons. The molecule has 2 aliphatic rings. The molecule has 0 saturated carbocycles. The summed E-state index contributed by atoms with van der Waals surface area (Å²) in [5.41, 5.74) is 5.03. The molecule has 0 unspecified atom stereocenters. The Morgan fingerprint density at radius 1 is 1.05 bits per heavy atom. The minimum absolute atomic E-state index is 0.528. The third kappa shape index (κ3) is 7.29. The van der Waals surface area contributed by atoms with Gasteiger partial charge in [-0.2, -0.15) is 0 Å². The predicted molar refractivity (Wildman–Crippen MR) is 149 cm³/mol.